The van der Waals surface area contributed by atoms with Crippen LogP contribution in [-0.2, 0) is 23.7 Å². The average Bonchev–Trinajstić information content (AvgIpc) is 2.81. The molecule has 1 rings (SSSR count). The van der Waals surface area contributed by atoms with Crippen molar-refractivity contribution in [2.75, 3.05) is 26.4 Å². The molecule has 1 aliphatic heterocycles. The molecule has 1 saturated heterocycles. The summed E-state index contributed by atoms with van der Waals surface area (Å²) in [6.45, 7) is 3.48. The Morgan fingerprint density at radius 3 is 2.21 bits per heavy atom. The van der Waals surface area contributed by atoms with Crippen molar-refractivity contribution >= 4 is 5.97 Å². The minimum Gasteiger partial charge on any atom is -0.458 e. The quantitative estimate of drug-likeness (QED) is 0.122. The van der Waals surface area contributed by atoms with E-state index in [2.05, 4.69) is 19.1 Å². The van der Waals surface area contributed by atoms with E-state index in [4.69, 9.17) is 18.9 Å². The van der Waals surface area contributed by atoms with Gasteiger partial charge in [0.05, 0.1) is 19.8 Å². The zero-order chi connectivity index (χ0) is 25.2. The highest BCUT2D eigenvalue weighted by Crippen LogP contribution is 2.22. The third-order valence-electron chi connectivity index (χ3n) is 5.73. The summed E-state index contributed by atoms with van der Waals surface area (Å²) in [5.74, 6) is -0.494. The highest BCUT2D eigenvalue weighted by atomic mass is 16.7. The lowest BCUT2D eigenvalue weighted by Crippen LogP contribution is -2.59. The molecule has 0 amide bonds. The van der Waals surface area contributed by atoms with Crippen molar-refractivity contribution in [1.82, 2.24) is 0 Å². The molecule has 1 heterocycles. The molecule has 0 aromatic carbocycles. The Labute approximate surface area is 204 Å². The van der Waals surface area contributed by atoms with Crippen LogP contribution in [0, 0.1) is 0 Å². The molecule has 0 aromatic rings. The van der Waals surface area contributed by atoms with Gasteiger partial charge >= 0.3 is 5.97 Å². The number of aliphatic hydroxyl groups is 4. The summed E-state index contributed by atoms with van der Waals surface area (Å²) < 4.78 is 21.6. The molecular formula is C25H46O9. The monoisotopic (exact) mass is 490 g/mol. The normalized spacial score (nSPS) is 26.1. The molecule has 6 atom stereocenters. The molecular weight excluding hydrogens is 444 g/mol. The minimum atomic E-state index is -1.53. The predicted molar refractivity (Wildman–Crippen MR) is 127 cm³/mol. The van der Waals surface area contributed by atoms with Crippen molar-refractivity contribution in [3.8, 4) is 0 Å². The standard InChI is InChI=1S/C25H46O9/c1-3-4-5-6-7-8-9-10-11-12-13-14-15-31-17-20(33-19(2)27)18-32-25-24(30)23(29)22(28)21(16-26)34-25/h6-7,20-26,28-30H,3-5,8-18H2,1-2H3/b7-6-. The number of aliphatic hydroxyl groups excluding tert-OH is 4. The van der Waals surface area contributed by atoms with E-state index in [0.717, 1.165) is 25.7 Å². The van der Waals surface area contributed by atoms with Gasteiger partial charge in [0.15, 0.2) is 6.29 Å². The van der Waals surface area contributed by atoms with Gasteiger partial charge in [0, 0.05) is 13.5 Å². The topological polar surface area (TPSA) is 135 Å². The Morgan fingerprint density at radius 1 is 0.912 bits per heavy atom. The number of unbranched alkanes of at least 4 members (excludes halogenated alkanes) is 8. The van der Waals surface area contributed by atoms with Gasteiger partial charge in [-0.3, -0.25) is 4.79 Å². The fourth-order valence-electron chi connectivity index (χ4n) is 3.70. The van der Waals surface area contributed by atoms with Gasteiger partial charge in [-0.1, -0.05) is 57.6 Å². The molecule has 1 fully saturated rings. The molecule has 0 bridgehead atoms. The number of carbonyl (C=O) groups excluding carboxylic acids is 1. The first-order chi connectivity index (χ1) is 16.4. The van der Waals surface area contributed by atoms with Crippen LogP contribution >= 0.6 is 0 Å². The fraction of sp³-hybridized carbons (Fsp3) is 0.880. The first kappa shape index (κ1) is 31.0. The van der Waals surface area contributed by atoms with Crippen LogP contribution in [0.5, 0.6) is 0 Å². The lowest BCUT2D eigenvalue weighted by atomic mass is 9.99. The van der Waals surface area contributed by atoms with Crippen molar-refractivity contribution < 1.29 is 44.2 Å². The van der Waals surface area contributed by atoms with E-state index in [1.165, 1.54) is 45.4 Å². The van der Waals surface area contributed by atoms with Crippen molar-refractivity contribution in [1.29, 1.82) is 0 Å². The maximum absolute atomic E-state index is 11.4. The second kappa shape index (κ2) is 19.2. The van der Waals surface area contributed by atoms with E-state index in [1.54, 1.807) is 0 Å². The molecule has 0 spiro atoms. The number of hydrogen-bond donors (Lipinski definition) is 4. The molecule has 34 heavy (non-hydrogen) atoms. The van der Waals surface area contributed by atoms with Crippen LogP contribution in [0.1, 0.15) is 78.1 Å². The zero-order valence-electron chi connectivity index (χ0n) is 20.8. The van der Waals surface area contributed by atoms with E-state index in [0.29, 0.717) is 6.61 Å². The summed E-state index contributed by atoms with van der Waals surface area (Å²) in [7, 11) is 0. The number of esters is 1. The Bertz CT molecular complexity index is 540. The summed E-state index contributed by atoms with van der Waals surface area (Å²) >= 11 is 0. The second-order valence-electron chi connectivity index (χ2n) is 8.86. The van der Waals surface area contributed by atoms with E-state index < -0.39 is 49.4 Å². The second-order valence-corrected chi connectivity index (χ2v) is 8.86. The number of carbonyl (C=O) groups is 1. The van der Waals surface area contributed by atoms with Crippen molar-refractivity contribution in [3.05, 3.63) is 12.2 Å². The smallest absolute Gasteiger partial charge is 0.303 e. The predicted octanol–water partition coefficient (Wildman–Crippen LogP) is 2.23. The Balaban J connectivity index is 2.17. The van der Waals surface area contributed by atoms with Crippen LogP contribution in [0.15, 0.2) is 12.2 Å². The van der Waals surface area contributed by atoms with Gasteiger partial charge in [-0.2, -0.15) is 0 Å². The number of rotatable bonds is 19. The SMILES string of the molecule is CCCC/C=C\CCCCCCCCOCC(COC1OC(CO)C(O)C(O)C1O)OC(C)=O. The van der Waals surface area contributed by atoms with E-state index >= 15 is 0 Å². The van der Waals surface area contributed by atoms with Gasteiger partial charge in [0.1, 0.15) is 30.5 Å². The molecule has 200 valence electrons. The zero-order valence-corrected chi connectivity index (χ0v) is 20.8. The van der Waals surface area contributed by atoms with E-state index in [-0.39, 0.29) is 13.2 Å². The summed E-state index contributed by atoms with van der Waals surface area (Å²) in [4.78, 5) is 11.4. The molecule has 1 aliphatic rings. The summed E-state index contributed by atoms with van der Waals surface area (Å²) in [5.41, 5.74) is 0. The van der Waals surface area contributed by atoms with Crippen molar-refractivity contribution in [3.63, 3.8) is 0 Å². The Kier molecular flexibility index (Phi) is 17.4. The van der Waals surface area contributed by atoms with Crippen LogP contribution < -0.4 is 0 Å². The number of hydrogen-bond acceptors (Lipinski definition) is 9. The lowest BCUT2D eigenvalue weighted by molar-refractivity contribution is -0.305. The first-order valence-electron chi connectivity index (χ1n) is 12.7. The van der Waals surface area contributed by atoms with Gasteiger partial charge in [0.2, 0.25) is 0 Å². The van der Waals surface area contributed by atoms with E-state index in [1.807, 2.05) is 0 Å². The molecule has 0 aliphatic carbocycles. The maximum Gasteiger partial charge on any atom is 0.303 e. The van der Waals surface area contributed by atoms with Crippen LogP contribution in [0.3, 0.4) is 0 Å². The van der Waals surface area contributed by atoms with Gasteiger partial charge in [-0.05, 0) is 25.7 Å². The molecule has 6 unspecified atom stereocenters. The third kappa shape index (κ3) is 13.1. The molecule has 0 radical (unpaired) electrons. The molecule has 9 heteroatoms. The molecule has 0 saturated carbocycles. The summed E-state index contributed by atoms with van der Waals surface area (Å²) in [6.07, 6.45) is 8.75. The lowest BCUT2D eigenvalue weighted by Gasteiger charge is -2.39. The van der Waals surface area contributed by atoms with Gasteiger partial charge in [0.25, 0.3) is 0 Å². The Morgan fingerprint density at radius 2 is 1.56 bits per heavy atom. The van der Waals surface area contributed by atoms with E-state index in [9.17, 15) is 25.2 Å². The number of ether oxygens (including phenoxy) is 4. The fourth-order valence-corrected chi connectivity index (χ4v) is 3.70. The summed E-state index contributed by atoms with van der Waals surface area (Å²) in [5, 5.41) is 39.0. The maximum atomic E-state index is 11.4. The highest BCUT2D eigenvalue weighted by Gasteiger charge is 2.44. The molecule has 9 nitrogen and oxygen atoms in total. The third-order valence-corrected chi connectivity index (χ3v) is 5.73. The van der Waals surface area contributed by atoms with Gasteiger partial charge in [-0.25, -0.2) is 0 Å². The van der Waals surface area contributed by atoms with Crippen LogP contribution in [-0.4, -0.2) is 89.6 Å². The molecule has 4 N–H and O–H groups in total. The van der Waals surface area contributed by atoms with Crippen molar-refractivity contribution in [2.45, 2.75) is 115 Å². The van der Waals surface area contributed by atoms with Gasteiger partial charge < -0.3 is 39.4 Å². The first-order valence-corrected chi connectivity index (χ1v) is 12.7. The molecule has 0 aromatic heterocycles. The van der Waals surface area contributed by atoms with Crippen LogP contribution in [0.2, 0.25) is 0 Å². The van der Waals surface area contributed by atoms with Crippen LogP contribution in [0.4, 0.5) is 0 Å². The summed E-state index contributed by atoms with van der Waals surface area (Å²) in [6, 6.07) is 0. The van der Waals surface area contributed by atoms with Crippen molar-refractivity contribution in [2.24, 2.45) is 0 Å². The minimum absolute atomic E-state index is 0.126. The number of allylic oxidation sites excluding steroid dienone is 2. The largest absolute Gasteiger partial charge is 0.458 e. The van der Waals surface area contributed by atoms with Crippen LogP contribution in [0.25, 0.3) is 0 Å². The van der Waals surface area contributed by atoms with Gasteiger partial charge in [-0.15, -0.1) is 0 Å². The highest BCUT2D eigenvalue weighted by molar-refractivity contribution is 5.66. The Hall–Kier alpha value is -1.07. The average molecular weight is 491 g/mol.